The molecular weight excluding hydrogens is 691 g/mol. The molecule has 7 aromatic carbocycles. The first-order valence-electron chi connectivity index (χ1n) is 20.5. The molecule has 0 unspecified atom stereocenters. The first-order valence-corrected chi connectivity index (χ1v) is 20.5. The molecule has 0 amide bonds. The second kappa shape index (κ2) is 11.4. The third kappa shape index (κ3) is 4.15. The molecule has 0 saturated carbocycles. The number of hydrogen-bond donors (Lipinski definition) is 0. The van der Waals surface area contributed by atoms with Gasteiger partial charge in [-0.2, -0.15) is 0 Å². The molecule has 0 atom stereocenters. The molecule has 57 heavy (non-hydrogen) atoms. The first-order chi connectivity index (χ1) is 27.8. The maximum absolute atomic E-state index is 6.56. The predicted octanol–water partition coefficient (Wildman–Crippen LogP) is 14.1. The molecule has 4 aliphatic carbocycles. The van der Waals surface area contributed by atoms with Gasteiger partial charge in [0, 0.05) is 27.6 Å². The molecule has 0 aliphatic heterocycles. The third-order valence-corrected chi connectivity index (χ3v) is 14.1. The monoisotopic (exact) mass is 733 g/mol. The second-order valence-electron chi connectivity index (χ2n) is 17.5. The van der Waals surface area contributed by atoms with E-state index in [-0.39, 0.29) is 10.8 Å². The molecule has 4 aliphatic rings. The van der Waals surface area contributed by atoms with Crippen LogP contribution in [0.1, 0.15) is 85.0 Å². The molecule has 8 aromatic rings. The van der Waals surface area contributed by atoms with Gasteiger partial charge in [-0.25, -0.2) is 0 Å². The lowest BCUT2D eigenvalue weighted by molar-refractivity contribution is 0.563. The Balaban J connectivity index is 1.16. The molecule has 0 saturated heterocycles. The van der Waals surface area contributed by atoms with Gasteiger partial charge in [-0.3, -0.25) is 0 Å². The smallest absolute Gasteiger partial charge is 0.137 e. The second-order valence-corrected chi connectivity index (χ2v) is 17.5. The van der Waals surface area contributed by atoms with Gasteiger partial charge in [0.15, 0.2) is 0 Å². The number of hydrogen-bond acceptors (Lipinski definition) is 2. The first kappa shape index (κ1) is 32.8. The number of benzene rings is 7. The zero-order chi connectivity index (χ0) is 38.3. The van der Waals surface area contributed by atoms with Crippen molar-refractivity contribution in [3.63, 3.8) is 0 Å². The average Bonchev–Trinajstić information content (AvgIpc) is 3.85. The standard InChI is InChI=1S/C55H43NO/c1-53(2)41-19-8-5-16-36(41)38-30-28-34(32-47(38)53)56(49-25-15-27-51-52(49)40-18-7-14-26-50(40)57-51)35-29-31-39-37-17-6-9-20-42(37)55(48(39)33-35)45-23-12-10-21-43(45)54(3,4)44-22-11-13-24-46(44)55/h5-27,29,31-33H,28,30H2,1-4H3. The van der Waals surface area contributed by atoms with Crippen LogP contribution in [0.4, 0.5) is 11.4 Å². The SMILES string of the molecule is CC1(C)C2=C(CCC(N(c3ccc4c(c3)C3(c5ccccc5-4)c4ccccc4C(C)(C)c4ccccc43)c3cccc4oc5ccccc5c34)=C2)c2ccccc21. The van der Waals surface area contributed by atoms with Gasteiger partial charge >= 0.3 is 0 Å². The molecule has 12 rings (SSSR count). The minimum atomic E-state index is -0.476. The lowest BCUT2D eigenvalue weighted by atomic mass is 9.55. The Labute approximate surface area is 334 Å². The summed E-state index contributed by atoms with van der Waals surface area (Å²) in [6, 6.07) is 59.1. The van der Waals surface area contributed by atoms with Crippen LogP contribution in [0.25, 0.3) is 38.6 Å². The molecule has 0 N–H and O–H groups in total. The fourth-order valence-electron chi connectivity index (χ4n) is 11.6. The summed E-state index contributed by atoms with van der Waals surface area (Å²) in [5.41, 5.74) is 21.4. The Hall–Kier alpha value is -6.38. The quantitative estimate of drug-likeness (QED) is 0.180. The molecule has 274 valence electrons. The molecule has 1 aromatic heterocycles. The highest BCUT2D eigenvalue weighted by Gasteiger charge is 2.53. The van der Waals surface area contributed by atoms with Crippen molar-refractivity contribution in [1.29, 1.82) is 0 Å². The highest BCUT2D eigenvalue weighted by Crippen LogP contribution is 2.63. The van der Waals surface area contributed by atoms with Crippen molar-refractivity contribution in [2.24, 2.45) is 0 Å². The van der Waals surface area contributed by atoms with E-state index in [1.54, 1.807) is 0 Å². The summed E-state index contributed by atoms with van der Waals surface area (Å²) in [6.45, 7) is 9.60. The number of nitrogens with zero attached hydrogens (tertiary/aromatic N) is 1. The van der Waals surface area contributed by atoms with Crippen LogP contribution in [-0.4, -0.2) is 0 Å². The van der Waals surface area contributed by atoms with Crippen LogP contribution in [0.15, 0.2) is 179 Å². The van der Waals surface area contributed by atoms with Crippen molar-refractivity contribution in [2.45, 2.75) is 56.8 Å². The minimum absolute atomic E-state index is 0.0937. The Kier molecular flexibility index (Phi) is 6.54. The summed E-state index contributed by atoms with van der Waals surface area (Å²) in [7, 11) is 0. The van der Waals surface area contributed by atoms with E-state index in [2.05, 4.69) is 196 Å². The van der Waals surface area contributed by atoms with Gasteiger partial charge in [-0.05, 0) is 116 Å². The van der Waals surface area contributed by atoms with Gasteiger partial charge in [0.05, 0.1) is 16.5 Å². The lowest BCUT2D eigenvalue weighted by Gasteiger charge is -2.46. The summed E-state index contributed by atoms with van der Waals surface area (Å²) in [6.07, 6.45) is 4.46. The van der Waals surface area contributed by atoms with E-state index in [0.717, 1.165) is 40.5 Å². The van der Waals surface area contributed by atoms with Crippen LogP contribution >= 0.6 is 0 Å². The van der Waals surface area contributed by atoms with E-state index in [4.69, 9.17) is 4.42 Å². The van der Waals surface area contributed by atoms with Crippen molar-refractivity contribution < 1.29 is 4.42 Å². The van der Waals surface area contributed by atoms with E-state index in [1.165, 1.54) is 78.2 Å². The van der Waals surface area contributed by atoms with Gasteiger partial charge < -0.3 is 9.32 Å². The van der Waals surface area contributed by atoms with Crippen LogP contribution in [0.3, 0.4) is 0 Å². The van der Waals surface area contributed by atoms with Crippen molar-refractivity contribution in [3.8, 4) is 11.1 Å². The number of fused-ring (bicyclic) bond motifs is 14. The lowest BCUT2D eigenvalue weighted by Crippen LogP contribution is -2.40. The molecule has 2 heteroatoms. The summed E-state index contributed by atoms with van der Waals surface area (Å²) < 4.78 is 6.56. The zero-order valence-corrected chi connectivity index (χ0v) is 32.9. The van der Waals surface area contributed by atoms with E-state index < -0.39 is 5.41 Å². The zero-order valence-electron chi connectivity index (χ0n) is 32.9. The summed E-state index contributed by atoms with van der Waals surface area (Å²) >= 11 is 0. The molecular formula is C55H43NO. The van der Waals surface area contributed by atoms with Crippen molar-refractivity contribution in [1.82, 2.24) is 0 Å². The van der Waals surface area contributed by atoms with Gasteiger partial charge in [0.25, 0.3) is 0 Å². The summed E-state index contributed by atoms with van der Waals surface area (Å²) in [5, 5.41) is 2.29. The van der Waals surface area contributed by atoms with Gasteiger partial charge in [-0.15, -0.1) is 0 Å². The number of anilines is 2. The Morgan fingerprint density at radius 3 is 1.82 bits per heavy atom. The fraction of sp³-hybridized carbons (Fsp3) is 0.164. The van der Waals surface area contributed by atoms with E-state index in [1.807, 2.05) is 0 Å². The van der Waals surface area contributed by atoms with E-state index >= 15 is 0 Å². The number of allylic oxidation sites excluding steroid dienone is 4. The van der Waals surface area contributed by atoms with Crippen molar-refractivity contribution in [3.05, 3.63) is 220 Å². The summed E-state index contributed by atoms with van der Waals surface area (Å²) in [5.74, 6) is 0. The molecule has 2 nitrogen and oxygen atoms in total. The normalized spacial score (nSPS) is 17.4. The van der Waals surface area contributed by atoms with Crippen LogP contribution in [0.2, 0.25) is 0 Å². The Bertz CT molecular complexity index is 3040. The maximum Gasteiger partial charge on any atom is 0.137 e. The van der Waals surface area contributed by atoms with Gasteiger partial charge in [0.2, 0.25) is 0 Å². The number of rotatable bonds is 3. The van der Waals surface area contributed by atoms with E-state index in [9.17, 15) is 0 Å². The Morgan fingerprint density at radius 2 is 1.07 bits per heavy atom. The van der Waals surface area contributed by atoms with Crippen LogP contribution in [0.5, 0.6) is 0 Å². The number of furan rings is 1. The molecule has 0 fully saturated rings. The maximum atomic E-state index is 6.56. The number of para-hydroxylation sites is 1. The van der Waals surface area contributed by atoms with Crippen LogP contribution in [0, 0.1) is 0 Å². The minimum Gasteiger partial charge on any atom is -0.456 e. The highest BCUT2D eigenvalue weighted by atomic mass is 16.3. The highest BCUT2D eigenvalue weighted by molar-refractivity contribution is 6.13. The molecule has 1 heterocycles. The van der Waals surface area contributed by atoms with E-state index in [0.29, 0.717) is 0 Å². The van der Waals surface area contributed by atoms with Crippen molar-refractivity contribution >= 4 is 38.9 Å². The third-order valence-electron chi connectivity index (χ3n) is 14.1. The molecule has 1 spiro atoms. The van der Waals surface area contributed by atoms with Crippen LogP contribution in [-0.2, 0) is 16.2 Å². The fourth-order valence-corrected chi connectivity index (χ4v) is 11.6. The topological polar surface area (TPSA) is 16.4 Å². The van der Waals surface area contributed by atoms with Gasteiger partial charge in [0.1, 0.15) is 11.2 Å². The Morgan fingerprint density at radius 1 is 0.474 bits per heavy atom. The summed E-state index contributed by atoms with van der Waals surface area (Å²) in [4.78, 5) is 2.58. The van der Waals surface area contributed by atoms with Crippen LogP contribution < -0.4 is 4.90 Å². The molecule has 0 radical (unpaired) electrons. The average molecular weight is 734 g/mol. The molecule has 0 bridgehead atoms. The predicted molar refractivity (Wildman–Crippen MR) is 235 cm³/mol. The van der Waals surface area contributed by atoms with Gasteiger partial charge in [-0.1, -0.05) is 155 Å². The largest absolute Gasteiger partial charge is 0.456 e. The van der Waals surface area contributed by atoms with Crippen molar-refractivity contribution in [2.75, 3.05) is 4.90 Å².